The van der Waals surface area contributed by atoms with Gasteiger partial charge in [-0.05, 0) is 50.8 Å². The molecule has 4 nitrogen and oxygen atoms in total. The molecule has 0 atom stereocenters. The zero-order valence-electron chi connectivity index (χ0n) is 16.0. The van der Waals surface area contributed by atoms with Crippen molar-refractivity contribution in [1.82, 2.24) is 15.5 Å². The van der Waals surface area contributed by atoms with Gasteiger partial charge in [0.15, 0.2) is 17.6 Å². The molecule has 0 aliphatic carbocycles. The highest BCUT2D eigenvalue weighted by Crippen LogP contribution is 2.13. The maximum Gasteiger partial charge on any atom is 0.191 e. The second-order valence-electron chi connectivity index (χ2n) is 6.84. The number of guanidine groups is 1. The summed E-state index contributed by atoms with van der Waals surface area (Å²) in [7, 11) is 0. The second-order valence-corrected chi connectivity index (χ2v) is 6.84. The molecule has 0 unspecified atom stereocenters. The Bertz CT molecular complexity index is 569. The average molecular weight is 367 g/mol. The van der Waals surface area contributed by atoms with Crippen molar-refractivity contribution in [3.8, 4) is 0 Å². The first kappa shape index (κ1) is 20.6. The lowest BCUT2D eigenvalue weighted by molar-refractivity contribution is 0.203. The fourth-order valence-electron chi connectivity index (χ4n) is 3.23. The maximum absolute atomic E-state index is 13.7. The second kappa shape index (κ2) is 11.1. The first-order valence-electron chi connectivity index (χ1n) is 9.84. The average Bonchev–Trinajstić information content (AvgIpc) is 2.65. The van der Waals surface area contributed by atoms with Gasteiger partial charge < -0.3 is 15.5 Å². The molecule has 146 valence electrons. The number of hydrogen-bond acceptors (Lipinski definition) is 2. The summed E-state index contributed by atoms with van der Waals surface area (Å²) in [5.74, 6) is -0.803. The van der Waals surface area contributed by atoms with Crippen LogP contribution >= 0.6 is 0 Å². The lowest BCUT2D eigenvalue weighted by atomic mass is 10.0. The van der Waals surface area contributed by atoms with E-state index in [-0.39, 0.29) is 0 Å². The molecule has 0 bridgehead atoms. The van der Waals surface area contributed by atoms with Crippen molar-refractivity contribution >= 4 is 5.96 Å². The van der Waals surface area contributed by atoms with Crippen LogP contribution in [-0.4, -0.2) is 49.6 Å². The van der Waals surface area contributed by atoms with Crippen LogP contribution in [0.3, 0.4) is 0 Å². The van der Waals surface area contributed by atoms with Crippen LogP contribution in [0.5, 0.6) is 0 Å². The molecule has 0 amide bonds. The van der Waals surface area contributed by atoms with Gasteiger partial charge in [-0.15, -0.1) is 0 Å². The van der Waals surface area contributed by atoms with E-state index in [1.807, 2.05) is 6.92 Å². The number of rotatable bonds is 8. The van der Waals surface area contributed by atoms with Crippen molar-refractivity contribution in [3.05, 3.63) is 35.4 Å². The van der Waals surface area contributed by atoms with Crippen molar-refractivity contribution in [2.75, 3.05) is 32.7 Å². The molecule has 1 aliphatic rings. The van der Waals surface area contributed by atoms with Gasteiger partial charge in [0.2, 0.25) is 0 Å². The minimum absolute atomic E-state index is 0.369. The molecule has 1 aromatic rings. The molecule has 1 saturated heterocycles. The highest BCUT2D eigenvalue weighted by Gasteiger charge is 2.19. The van der Waals surface area contributed by atoms with Gasteiger partial charge in [0.25, 0.3) is 0 Å². The Hall–Kier alpha value is -1.69. The van der Waals surface area contributed by atoms with E-state index in [9.17, 15) is 8.78 Å². The molecule has 0 spiro atoms. The summed E-state index contributed by atoms with van der Waals surface area (Å²) < 4.78 is 27.0. The largest absolute Gasteiger partial charge is 0.357 e. The first-order chi connectivity index (χ1) is 12.6. The Morgan fingerprint density at radius 3 is 2.69 bits per heavy atom. The van der Waals surface area contributed by atoms with Crippen molar-refractivity contribution in [3.63, 3.8) is 0 Å². The number of piperidine rings is 1. The van der Waals surface area contributed by atoms with Gasteiger partial charge in [0.1, 0.15) is 0 Å². The van der Waals surface area contributed by atoms with Crippen LogP contribution in [0.25, 0.3) is 0 Å². The molecule has 6 heteroatoms. The van der Waals surface area contributed by atoms with Crippen LogP contribution in [-0.2, 0) is 6.42 Å². The number of benzene rings is 1. The van der Waals surface area contributed by atoms with Gasteiger partial charge in [-0.25, -0.2) is 8.78 Å². The maximum atomic E-state index is 13.7. The minimum Gasteiger partial charge on any atom is -0.357 e. The van der Waals surface area contributed by atoms with Crippen LogP contribution in [0.1, 0.15) is 45.1 Å². The summed E-state index contributed by atoms with van der Waals surface area (Å²) in [6.45, 7) is 8.87. The molecule has 2 N–H and O–H groups in total. The van der Waals surface area contributed by atoms with Crippen molar-refractivity contribution < 1.29 is 8.78 Å². The topological polar surface area (TPSA) is 39.7 Å². The molecular formula is C20H32F2N4. The van der Waals surface area contributed by atoms with Crippen LogP contribution in [0.4, 0.5) is 8.78 Å². The molecule has 1 aliphatic heterocycles. The Morgan fingerprint density at radius 2 is 2.00 bits per heavy atom. The van der Waals surface area contributed by atoms with E-state index in [1.54, 1.807) is 6.07 Å². The summed E-state index contributed by atoms with van der Waals surface area (Å²) in [6, 6.07) is 4.70. The summed E-state index contributed by atoms with van der Waals surface area (Å²) in [5.41, 5.74) is 0.369. The summed E-state index contributed by atoms with van der Waals surface area (Å²) >= 11 is 0. The minimum atomic E-state index is -0.800. The smallest absolute Gasteiger partial charge is 0.191 e. The van der Waals surface area contributed by atoms with Crippen LogP contribution in [0, 0.1) is 11.6 Å². The highest BCUT2D eigenvalue weighted by molar-refractivity contribution is 5.80. The Kier molecular flexibility index (Phi) is 8.81. The first-order valence-corrected chi connectivity index (χ1v) is 9.84. The SMILES string of the molecule is CCCCN1CCC(NC(=NCCc2cccc(F)c2F)NCC)CC1. The summed E-state index contributed by atoms with van der Waals surface area (Å²) in [6.07, 6.45) is 5.09. The molecule has 0 aromatic heterocycles. The summed E-state index contributed by atoms with van der Waals surface area (Å²) in [4.78, 5) is 7.06. The van der Waals surface area contributed by atoms with E-state index in [4.69, 9.17) is 0 Å². The Balaban J connectivity index is 1.82. The third-order valence-electron chi connectivity index (χ3n) is 4.78. The molecule has 1 fully saturated rings. The van der Waals surface area contributed by atoms with Crippen molar-refractivity contribution in [2.24, 2.45) is 4.99 Å². The van der Waals surface area contributed by atoms with Crippen LogP contribution in [0.15, 0.2) is 23.2 Å². The monoisotopic (exact) mass is 366 g/mol. The number of aliphatic imine (C=N–C) groups is 1. The summed E-state index contributed by atoms with van der Waals surface area (Å²) in [5, 5.41) is 6.74. The number of nitrogens with zero attached hydrogens (tertiary/aromatic N) is 2. The zero-order valence-corrected chi connectivity index (χ0v) is 16.0. The van der Waals surface area contributed by atoms with E-state index in [2.05, 4.69) is 27.4 Å². The van der Waals surface area contributed by atoms with Gasteiger partial charge in [0, 0.05) is 32.2 Å². The fraction of sp³-hybridized carbons (Fsp3) is 0.650. The third-order valence-corrected chi connectivity index (χ3v) is 4.78. The van der Waals surface area contributed by atoms with Gasteiger partial charge >= 0.3 is 0 Å². The molecular weight excluding hydrogens is 334 g/mol. The number of unbranched alkanes of at least 4 members (excludes halogenated alkanes) is 1. The van der Waals surface area contributed by atoms with Gasteiger partial charge in [-0.2, -0.15) is 0 Å². The molecule has 0 saturated carbocycles. The molecule has 1 heterocycles. The number of halogens is 2. The van der Waals surface area contributed by atoms with E-state index in [0.717, 1.165) is 44.5 Å². The number of nitrogens with one attached hydrogen (secondary N) is 2. The van der Waals surface area contributed by atoms with E-state index in [0.29, 0.717) is 24.6 Å². The van der Waals surface area contributed by atoms with E-state index < -0.39 is 11.6 Å². The van der Waals surface area contributed by atoms with Gasteiger partial charge in [-0.1, -0.05) is 25.5 Å². The fourth-order valence-corrected chi connectivity index (χ4v) is 3.23. The number of likely N-dealkylation sites (tertiary alicyclic amines) is 1. The quantitative estimate of drug-likeness (QED) is 0.548. The Morgan fingerprint density at radius 1 is 1.23 bits per heavy atom. The normalized spacial score (nSPS) is 16.7. The van der Waals surface area contributed by atoms with Gasteiger partial charge in [0.05, 0.1) is 0 Å². The van der Waals surface area contributed by atoms with Crippen molar-refractivity contribution in [2.45, 2.75) is 52.0 Å². The van der Waals surface area contributed by atoms with Gasteiger partial charge in [-0.3, -0.25) is 4.99 Å². The lowest BCUT2D eigenvalue weighted by Crippen LogP contribution is -2.48. The van der Waals surface area contributed by atoms with Crippen molar-refractivity contribution in [1.29, 1.82) is 0 Å². The number of hydrogen-bond donors (Lipinski definition) is 2. The lowest BCUT2D eigenvalue weighted by Gasteiger charge is -2.33. The molecule has 2 rings (SSSR count). The highest BCUT2D eigenvalue weighted by atomic mass is 19.2. The predicted molar refractivity (Wildman–Crippen MR) is 104 cm³/mol. The zero-order chi connectivity index (χ0) is 18.8. The molecule has 26 heavy (non-hydrogen) atoms. The predicted octanol–water partition coefficient (Wildman–Crippen LogP) is 3.33. The molecule has 1 aromatic carbocycles. The Labute approximate surface area is 156 Å². The van der Waals surface area contributed by atoms with E-state index in [1.165, 1.54) is 25.5 Å². The third kappa shape index (κ3) is 6.56. The van der Waals surface area contributed by atoms with Crippen LogP contribution < -0.4 is 10.6 Å². The van der Waals surface area contributed by atoms with Crippen LogP contribution in [0.2, 0.25) is 0 Å². The van der Waals surface area contributed by atoms with E-state index >= 15 is 0 Å². The standard InChI is InChI=1S/C20H32F2N4/c1-3-5-13-26-14-10-17(11-15-26)25-20(23-4-2)24-12-9-16-7-6-8-18(21)19(16)22/h6-8,17H,3-5,9-15H2,1-2H3,(H2,23,24,25). The molecule has 0 radical (unpaired) electrons.